The first-order valence-electron chi connectivity index (χ1n) is 9.20. The Morgan fingerprint density at radius 3 is 2.48 bits per heavy atom. The molecule has 0 unspecified atom stereocenters. The van der Waals surface area contributed by atoms with Gasteiger partial charge in [0.05, 0.1) is 18.2 Å². The van der Waals surface area contributed by atoms with Gasteiger partial charge >= 0.3 is 5.97 Å². The lowest BCUT2D eigenvalue weighted by molar-refractivity contribution is -0.141. The summed E-state index contributed by atoms with van der Waals surface area (Å²) in [5, 5.41) is 20.9. The summed E-state index contributed by atoms with van der Waals surface area (Å²) in [5.74, 6) is -2.38. The number of pyridine rings is 2. The lowest BCUT2D eigenvalue weighted by Gasteiger charge is -2.12. The van der Waals surface area contributed by atoms with Crippen molar-refractivity contribution in [2.24, 2.45) is 7.05 Å². The number of aryl methyl sites for hydroxylation is 1. The van der Waals surface area contributed by atoms with Crippen LogP contribution >= 0.6 is 0 Å². The van der Waals surface area contributed by atoms with Gasteiger partial charge in [-0.15, -0.1) is 0 Å². The number of aromatic hydroxyl groups is 2. The number of carbonyl (C=O) groups is 2. The Labute approximate surface area is 176 Å². The Morgan fingerprint density at radius 2 is 1.81 bits per heavy atom. The molecular formula is C22H20N2O7. The lowest BCUT2D eigenvalue weighted by atomic mass is 10.1. The van der Waals surface area contributed by atoms with E-state index in [0.29, 0.717) is 11.2 Å². The highest BCUT2D eigenvalue weighted by molar-refractivity contribution is 6.08. The van der Waals surface area contributed by atoms with E-state index in [2.05, 4.69) is 4.74 Å². The van der Waals surface area contributed by atoms with Gasteiger partial charge in [0.15, 0.2) is 5.78 Å². The molecule has 9 nitrogen and oxygen atoms in total. The van der Waals surface area contributed by atoms with Gasteiger partial charge in [-0.25, -0.2) is 0 Å². The lowest BCUT2D eigenvalue weighted by Crippen LogP contribution is -2.27. The second kappa shape index (κ2) is 8.31. The van der Waals surface area contributed by atoms with E-state index in [-0.39, 0.29) is 16.7 Å². The first kappa shape index (κ1) is 21.6. The first-order valence-corrected chi connectivity index (χ1v) is 9.20. The second-order valence-electron chi connectivity index (χ2n) is 6.85. The summed E-state index contributed by atoms with van der Waals surface area (Å²) in [7, 11) is 2.64. The molecule has 0 spiro atoms. The third kappa shape index (κ3) is 3.85. The van der Waals surface area contributed by atoms with Gasteiger partial charge in [-0.3, -0.25) is 23.7 Å². The van der Waals surface area contributed by atoms with E-state index in [0.717, 1.165) is 16.7 Å². The van der Waals surface area contributed by atoms with Crippen molar-refractivity contribution < 1.29 is 24.5 Å². The number of allylic oxidation sites excluding steroid dienone is 1. The number of rotatable bonds is 5. The van der Waals surface area contributed by atoms with Crippen LogP contribution in [0.2, 0.25) is 0 Å². The van der Waals surface area contributed by atoms with Crippen LogP contribution in [0.4, 0.5) is 0 Å². The van der Waals surface area contributed by atoms with Crippen LogP contribution in [0.3, 0.4) is 0 Å². The van der Waals surface area contributed by atoms with Crippen LogP contribution < -0.4 is 11.1 Å². The molecular weight excluding hydrogens is 404 g/mol. The van der Waals surface area contributed by atoms with Gasteiger partial charge in [0.1, 0.15) is 23.6 Å². The summed E-state index contributed by atoms with van der Waals surface area (Å²) in [6.07, 6.45) is 1.97. The van der Waals surface area contributed by atoms with Crippen LogP contribution in [0, 0.1) is 6.92 Å². The minimum atomic E-state index is -0.843. The molecule has 3 rings (SSSR count). The summed E-state index contributed by atoms with van der Waals surface area (Å²) < 4.78 is 6.96. The van der Waals surface area contributed by atoms with Gasteiger partial charge in [-0.2, -0.15) is 0 Å². The van der Waals surface area contributed by atoms with Crippen LogP contribution in [0.1, 0.15) is 21.6 Å². The number of ketones is 1. The van der Waals surface area contributed by atoms with Crippen molar-refractivity contribution in [2.45, 2.75) is 13.5 Å². The van der Waals surface area contributed by atoms with E-state index in [9.17, 15) is 29.4 Å². The molecule has 31 heavy (non-hydrogen) atoms. The summed E-state index contributed by atoms with van der Waals surface area (Å²) in [5.41, 5.74) is -1.37. The number of aromatic nitrogens is 2. The predicted molar refractivity (Wildman–Crippen MR) is 113 cm³/mol. The van der Waals surface area contributed by atoms with Crippen LogP contribution in [0.5, 0.6) is 11.5 Å². The quantitative estimate of drug-likeness (QED) is 0.361. The van der Waals surface area contributed by atoms with E-state index >= 15 is 0 Å². The molecule has 0 bridgehead atoms. The van der Waals surface area contributed by atoms with Gasteiger partial charge in [-0.1, -0.05) is 12.1 Å². The number of fused-ring (bicyclic) bond motifs is 1. The Morgan fingerprint density at radius 1 is 1.13 bits per heavy atom. The number of methoxy groups -OCH3 is 1. The molecule has 0 fully saturated rings. The van der Waals surface area contributed by atoms with Crippen LogP contribution in [-0.4, -0.2) is 38.2 Å². The highest BCUT2D eigenvalue weighted by atomic mass is 16.5. The molecule has 0 atom stereocenters. The Kier molecular flexibility index (Phi) is 5.78. The van der Waals surface area contributed by atoms with Crippen molar-refractivity contribution in [3.8, 4) is 11.5 Å². The van der Waals surface area contributed by atoms with Gasteiger partial charge in [0.2, 0.25) is 0 Å². The number of carbonyl (C=O) groups excluding carboxylic acids is 2. The SMILES string of the molecule is COC(=O)Cn1c(=O)c(/C=C/C(=O)c2c(O)cc(C)n(C)c2=O)c(O)c2ccccc21. The van der Waals surface area contributed by atoms with E-state index in [1.54, 1.807) is 31.2 Å². The molecule has 2 N–H and O–H groups in total. The van der Waals surface area contributed by atoms with Gasteiger partial charge in [0.25, 0.3) is 11.1 Å². The fraction of sp³-hybridized carbons (Fsp3) is 0.182. The maximum absolute atomic E-state index is 13.0. The minimum absolute atomic E-state index is 0.251. The minimum Gasteiger partial charge on any atom is -0.507 e. The zero-order valence-electron chi connectivity index (χ0n) is 17.1. The van der Waals surface area contributed by atoms with Crippen LogP contribution in [-0.2, 0) is 23.1 Å². The number of nitrogens with zero attached hydrogens (tertiary/aromatic N) is 2. The van der Waals surface area contributed by atoms with E-state index < -0.39 is 40.7 Å². The van der Waals surface area contributed by atoms with E-state index in [1.807, 2.05) is 0 Å². The van der Waals surface area contributed by atoms with Crippen molar-refractivity contribution in [3.05, 3.63) is 73.9 Å². The predicted octanol–water partition coefficient (Wildman–Crippen LogP) is 1.49. The van der Waals surface area contributed by atoms with E-state index in [4.69, 9.17) is 0 Å². The molecule has 0 saturated heterocycles. The second-order valence-corrected chi connectivity index (χ2v) is 6.85. The average Bonchev–Trinajstić information content (AvgIpc) is 2.74. The molecule has 0 aliphatic carbocycles. The van der Waals surface area contributed by atoms with Crippen molar-refractivity contribution in [2.75, 3.05) is 7.11 Å². The summed E-state index contributed by atoms with van der Waals surface area (Å²) >= 11 is 0. The van der Waals surface area contributed by atoms with Gasteiger partial charge in [-0.05, 0) is 31.2 Å². The number of ether oxygens (including phenoxy) is 1. The molecule has 0 saturated carbocycles. The Hall–Kier alpha value is -4.14. The third-order valence-electron chi connectivity index (χ3n) is 4.99. The molecule has 0 aliphatic rings. The van der Waals surface area contributed by atoms with Crippen molar-refractivity contribution >= 4 is 28.7 Å². The van der Waals surface area contributed by atoms with Crippen LogP contribution in [0.25, 0.3) is 17.0 Å². The first-order chi connectivity index (χ1) is 14.7. The van der Waals surface area contributed by atoms with Crippen molar-refractivity contribution in [3.63, 3.8) is 0 Å². The summed E-state index contributed by atoms with van der Waals surface area (Å²) in [6, 6.07) is 7.68. The third-order valence-corrected chi connectivity index (χ3v) is 4.99. The zero-order valence-corrected chi connectivity index (χ0v) is 17.1. The maximum atomic E-state index is 13.0. The smallest absolute Gasteiger partial charge is 0.325 e. The number of para-hydroxylation sites is 1. The fourth-order valence-electron chi connectivity index (χ4n) is 3.19. The molecule has 1 aromatic carbocycles. The normalized spacial score (nSPS) is 11.2. The van der Waals surface area contributed by atoms with Crippen molar-refractivity contribution in [1.29, 1.82) is 0 Å². The van der Waals surface area contributed by atoms with Crippen LogP contribution in [0.15, 0.2) is 46.0 Å². The number of hydrogen-bond donors (Lipinski definition) is 2. The average molecular weight is 424 g/mol. The Bertz CT molecular complexity index is 1360. The maximum Gasteiger partial charge on any atom is 0.325 e. The number of benzene rings is 1. The Balaban J connectivity index is 2.16. The van der Waals surface area contributed by atoms with Crippen molar-refractivity contribution in [1.82, 2.24) is 9.13 Å². The van der Waals surface area contributed by atoms with Gasteiger partial charge < -0.3 is 19.5 Å². The molecule has 9 heteroatoms. The van der Waals surface area contributed by atoms with E-state index in [1.165, 1.54) is 24.8 Å². The fourth-order valence-corrected chi connectivity index (χ4v) is 3.19. The highest BCUT2D eigenvalue weighted by Gasteiger charge is 2.19. The summed E-state index contributed by atoms with van der Waals surface area (Å²) in [6.45, 7) is 1.20. The topological polar surface area (TPSA) is 128 Å². The molecule has 2 aromatic heterocycles. The monoisotopic (exact) mass is 424 g/mol. The molecule has 160 valence electrons. The zero-order chi connectivity index (χ0) is 22.9. The number of esters is 1. The molecule has 0 radical (unpaired) electrons. The molecule has 2 heterocycles. The summed E-state index contributed by atoms with van der Waals surface area (Å²) in [4.78, 5) is 49.7. The standard InChI is InChI=1S/C22H20N2O7/c1-12-10-17(26)19(22(30)23(12)2)16(25)9-8-14-20(28)13-6-4-5-7-15(13)24(21(14)29)11-18(27)31-3/h4-10,26,28H,11H2,1-3H3/b9-8+. The molecule has 3 aromatic rings. The van der Waals surface area contributed by atoms with Gasteiger partial charge in [0, 0.05) is 24.2 Å². The largest absolute Gasteiger partial charge is 0.507 e. The highest BCUT2D eigenvalue weighted by Crippen LogP contribution is 2.27. The molecule has 0 amide bonds. The molecule has 0 aliphatic heterocycles. The number of hydrogen-bond acceptors (Lipinski definition) is 7.